The molecule has 0 aliphatic carbocycles. The first-order chi connectivity index (χ1) is 7.01. The summed E-state index contributed by atoms with van der Waals surface area (Å²) in [5.41, 5.74) is -0.973. The van der Waals surface area contributed by atoms with E-state index >= 15 is 0 Å². The average molecular weight is 223 g/mol. The second kappa shape index (κ2) is 4.41. The molecule has 0 saturated heterocycles. The highest BCUT2D eigenvalue weighted by molar-refractivity contribution is 7.15. The number of aromatic nitrogens is 1. The highest BCUT2D eigenvalue weighted by Gasteiger charge is 2.31. The third-order valence-corrected chi connectivity index (χ3v) is 3.12. The number of nitriles is 1. The minimum absolute atomic E-state index is 0.290. The van der Waals surface area contributed by atoms with Crippen molar-refractivity contribution in [2.45, 2.75) is 27.2 Å². The Hall–Kier alpha value is -1.41. The third kappa shape index (κ3) is 2.54. The van der Waals surface area contributed by atoms with Crippen molar-refractivity contribution in [2.75, 3.05) is 5.32 Å². The maximum absolute atomic E-state index is 11.7. The van der Waals surface area contributed by atoms with Crippen LogP contribution in [-0.2, 0) is 4.79 Å². The molecule has 1 heterocycles. The van der Waals surface area contributed by atoms with E-state index in [9.17, 15) is 4.79 Å². The van der Waals surface area contributed by atoms with Crippen LogP contribution in [0.5, 0.6) is 0 Å². The quantitative estimate of drug-likeness (QED) is 0.855. The van der Waals surface area contributed by atoms with Gasteiger partial charge in [-0.2, -0.15) is 5.26 Å². The van der Waals surface area contributed by atoms with Gasteiger partial charge in [-0.15, -0.1) is 11.3 Å². The molecule has 1 aromatic heterocycles. The number of nitrogens with zero attached hydrogens (tertiary/aromatic N) is 2. The van der Waals surface area contributed by atoms with Gasteiger partial charge in [0.25, 0.3) is 0 Å². The molecule has 0 aliphatic heterocycles. The summed E-state index contributed by atoms with van der Waals surface area (Å²) in [6, 6.07) is 2.02. The summed E-state index contributed by atoms with van der Waals surface area (Å²) in [4.78, 5) is 16.8. The Morgan fingerprint density at radius 2 is 2.47 bits per heavy atom. The first-order valence-corrected chi connectivity index (χ1v) is 5.48. The van der Waals surface area contributed by atoms with Crippen molar-refractivity contribution in [3.63, 3.8) is 0 Å². The molecule has 0 aromatic carbocycles. The van der Waals surface area contributed by atoms with Crippen LogP contribution in [0.25, 0.3) is 0 Å². The van der Waals surface area contributed by atoms with Crippen LogP contribution in [-0.4, -0.2) is 10.9 Å². The van der Waals surface area contributed by atoms with E-state index in [2.05, 4.69) is 10.3 Å². The van der Waals surface area contributed by atoms with Crippen molar-refractivity contribution in [2.24, 2.45) is 5.41 Å². The fraction of sp³-hybridized carbons (Fsp3) is 0.500. The lowest BCUT2D eigenvalue weighted by molar-refractivity contribution is -0.122. The predicted molar refractivity (Wildman–Crippen MR) is 59.5 cm³/mol. The van der Waals surface area contributed by atoms with E-state index in [4.69, 9.17) is 5.26 Å². The minimum Gasteiger partial charge on any atom is -0.301 e. The monoisotopic (exact) mass is 223 g/mol. The van der Waals surface area contributed by atoms with E-state index < -0.39 is 5.41 Å². The van der Waals surface area contributed by atoms with Gasteiger partial charge < -0.3 is 5.32 Å². The fourth-order valence-electron chi connectivity index (χ4n) is 0.938. The van der Waals surface area contributed by atoms with E-state index in [-0.39, 0.29) is 5.91 Å². The first kappa shape index (κ1) is 11.7. The third-order valence-electron chi connectivity index (χ3n) is 2.30. The van der Waals surface area contributed by atoms with Crippen molar-refractivity contribution in [3.05, 3.63) is 11.1 Å². The van der Waals surface area contributed by atoms with E-state index in [1.807, 2.05) is 19.9 Å². The molecular weight excluding hydrogens is 210 g/mol. The average Bonchev–Trinajstić information content (AvgIpc) is 2.62. The number of rotatable bonds is 3. The molecule has 0 fully saturated rings. The molecule has 1 unspecified atom stereocenters. The Balaban J connectivity index is 2.76. The molecule has 0 radical (unpaired) electrons. The SMILES string of the molecule is CCC(C)(C#N)C(=O)Nc1ncc(C)s1. The van der Waals surface area contributed by atoms with Gasteiger partial charge in [0.05, 0.1) is 6.07 Å². The van der Waals surface area contributed by atoms with Gasteiger partial charge in [-0.05, 0) is 20.3 Å². The number of hydrogen-bond acceptors (Lipinski definition) is 4. The van der Waals surface area contributed by atoms with Crippen molar-refractivity contribution in [1.29, 1.82) is 5.26 Å². The lowest BCUT2D eigenvalue weighted by Gasteiger charge is -2.16. The molecule has 5 heteroatoms. The molecule has 1 atom stereocenters. The second-order valence-electron chi connectivity index (χ2n) is 3.53. The van der Waals surface area contributed by atoms with Crippen LogP contribution in [0.1, 0.15) is 25.1 Å². The van der Waals surface area contributed by atoms with E-state index in [0.29, 0.717) is 11.6 Å². The van der Waals surface area contributed by atoms with Crippen LogP contribution in [0.15, 0.2) is 6.20 Å². The smallest absolute Gasteiger partial charge is 0.246 e. The Bertz CT molecular complexity index is 407. The second-order valence-corrected chi connectivity index (χ2v) is 4.76. The Kier molecular flexibility index (Phi) is 3.43. The predicted octanol–water partition coefficient (Wildman–Crippen LogP) is 2.33. The number of anilines is 1. The lowest BCUT2D eigenvalue weighted by Crippen LogP contribution is -2.31. The highest BCUT2D eigenvalue weighted by Crippen LogP contribution is 2.24. The summed E-state index contributed by atoms with van der Waals surface area (Å²) in [7, 11) is 0. The molecule has 15 heavy (non-hydrogen) atoms. The molecule has 80 valence electrons. The van der Waals surface area contributed by atoms with Crippen LogP contribution in [0, 0.1) is 23.7 Å². The van der Waals surface area contributed by atoms with Crippen molar-refractivity contribution >= 4 is 22.4 Å². The van der Waals surface area contributed by atoms with E-state index in [1.165, 1.54) is 11.3 Å². The zero-order chi connectivity index (χ0) is 11.5. The summed E-state index contributed by atoms with van der Waals surface area (Å²) in [6.45, 7) is 5.36. The van der Waals surface area contributed by atoms with Crippen LogP contribution in [0.3, 0.4) is 0 Å². The molecule has 1 N–H and O–H groups in total. The highest BCUT2D eigenvalue weighted by atomic mass is 32.1. The minimum atomic E-state index is -0.973. The first-order valence-electron chi connectivity index (χ1n) is 4.67. The summed E-state index contributed by atoms with van der Waals surface area (Å²) >= 11 is 1.40. The van der Waals surface area contributed by atoms with Gasteiger partial charge in [-0.1, -0.05) is 6.92 Å². The molecule has 0 spiro atoms. The van der Waals surface area contributed by atoms with Crippen LogP contribution >= 0.6 is 11.3 Å². The Labute approximate surface area is 92.9 Å². The number of nitrogens with one attached hydrogen (secondary N) is 1. The molecular formula is C10H13N3OS. The molecule has 1 rings (SSSR count). The van der Waals surface area contributed by atoms with Gasteiger partial charge >= 0.3 is 0 Å². The van der Waals surface area contributed by atoms with Gasteiger partial charge in [-0.25, -0.2) is 4.98 Å². The van der Waals surface area contributed by atoms with Crippen molar-refractivity contribution < 1.29 is 4.79 Å². The van der Waals surface area contributed by atoms with Gasteiger partial charge in [0.1, 0.15) is 5.41 Å². The molecule has 0 bridgehead atoms. The van der Waals surface area contributed by atoms with Crippen LogP contribution in [0.4, 0.5) is 5.13 Å². The van der Waals surface area contributed by atoms with Gasteiger partial charge in [0.2, 0.25) is 5.91 Å². The topological polar surface area (TPSA) is 65.8 Å². The zero-order valence-corrected chi connectivity index (χ0v) is 9.81. The van der Waals surface area contributed by atoms with Crippen molar-refractivity contribution in [3.8, 4) is 6.07 Å². The number of hydrogen-bond donors (Lipinski definition) is 1. The maximum Gasteiger partial charge on any atom is 0.246 e. The van der Waals surface area contributed by atoms with Crippen LogP contribution in [0.2, 0.25) is 0 Å². The maximum atomic E-state index is 11.7. The van der Waals surface area contributed by atoms with E-state index in [1.54, 1.807) is 13.1 Å². The standard InChI is InChI=1S/C10H13N3OS/c1-4-10(3,6-11)8(14)13-9-12-5-7(2)15-9/h5H,4H2,1-3H3,(H,12,13,14). The molecule has 0 aliphatic rings. The fourth-order valence-corrected chi connectivity index (χ4v) is 1.60. The number of thiazole rings is 1. The van der Waals surface area contributed by atoms with Crippen molar-refractivity contribution in [1.82, 2.24) is 4.98 Å². The number of carbonyl (C=O) groups excluding carboxylic acids is 1. The normalized spacial score (nSPS) is 14.0. The Morgan fingerprint density at radius 1 is 1.80 bits per heavy atom. The molecule has 1 aromatic rings. The van der Waals surface area contributed by atoms with Gasteiger partial charge in [-0.3, -0.25) is 4.79 Å². The van der Waals surface area contributed by atoms with Gasteiger partial charge in [0, 0.05) is 11.1 Å². The molecule has 4 nitrogen and oxygen atoms in total. The summed E-state index contributed by atoms with van der Waals surface area (Å²) in [6.07, 6.45) is 2.18. The van der Waals surface area contributed by atoms with Crippen LogP contribution < -0.4 is 5.32 Å². The zero-order valence-electron chi connectivity index (χ0n) is 9.00. The largest absolute Gasteiger partial charge is 0.301 e. The van der Waals surface area contributed by atoms with Gasteiger partial charge in [0.15, 0.2) is 5.13 Å². The summed E-state index contributed by atoms with van der Waals surface area (Å²) in [5.74, 6) is -0.290. The van der Waals surface area contributed by atoms with E-state index in [0.717, 1.165) is 4.88 Å². The number of aryl methyl sites for hydroxylation is 1. The Morgan fingerprint density at radius 3 is 2.87 bits per heavy atom. The summed E-state index contributed by atoms with van der Waals surface area (Å²) < 4.78 is 0. The lowest BCUT2D eigenvalue weighted by atomic mass is 9.88. The number of carbonyl (C=O) groups is 1. The summed E-state index contributed by atoms with van der Waals surface area (Å²) in [5, 5.41) is 12.1. The number of amides is 1. The molecule has 1 amide bonds. The molecule has 0 saturated carbocycles.